The van der Waals surface area contributed by atoms with Crippen LogP contribution in [0.2, 0.25) is 5.02 Å². The first-order valence-corrected chi connectivity index (χ1v) is 7.58. The molecule has 19 heavy (non-hydrogen) atoms. The van der Waals surface area contributed by atoms with Crippen molar-refractivity contribution in [2.45, 2.75) is 19.3 Å². The highest BCUT2D eigenvalue weighted by Crippen LogP contribution is 2.30. The van der Waals surface area contributed by atoms with Crippen molar-refractivity contribution in [3.05, 3.63) is 63.6 Å². The quantitative estimate of drug-likeness (QED) is 0.736. The maximum Gasteiger partial charge on any atom is 0.0593 e. The number of nitrogens with one attached hydrogen (secondary N) is 1. The van der Waals surface area contributed by atoms with Crippen molar-refractivity contribution in [2.75, 3.05) is 11.9 Å². The summed E-state index contributed by atoms with van der Waals surface area (Å²) in [6, 6.07) is 16.5. The van der Waals surface area contributed by atoms with Gasteiger partial charge in [0.2, 0.25) is 0 Å². The van der Waals surface area contributed by atoms with Crippen molar-refractivity contribution >= 4 is 33.2 Å². The average molecular weight is 339 g/mol. The summed E-state index contributed by atoms with van der Waals surface area (Å²) in [4.78, 5) is 0. The molecule has 0 saturated carbocycles. The van der Waals surface area contributed by atoms with E-state index in [1.54, 1.807) is 0 Å². The van der Waals surface area contributed by atoms with Crippen molar-refractivity contribution in [1.29, 1.82) is 0 Å². The molecule has 1 atom stereocenters. The second-order valence-corrected chi connectivity index (χ2v) is 5.83. The van der Waals surface area contributed by atoms with E-state index in [0.717, 1.165) is 28.1 Å². The minimum absolute atomic E-state index is 0.548. The molecule has 0 saturated heterocycles. The van der Waals surface area contributed by atoms with Crippen LogP contribution in [0.3, 0.4) is 0 Å². The first kappa shape index (κ1) is 14.4. The molecule has 0 fully saturated rings. The minimum atomic E-state index is 0.548. The third kappa shape index (κ3) is 3.99. The van der Waals surface area contributed by atoms with Crippen LogP contribution in [0.5, 0.6) is 0 Å². The third-order valence-corrected chi connectivity index (χ3v) is 4.61. The molecule has 0 spiro atoms. The number of rotatable bonds is 5. The number of benzene rings is 2. The summed E-state index contributed by atoms with van der Waals surface area (Å²) in [5.41, 5.74) is 2.43. The van der Waals surface area contributed by atoms with Crippen molar-refractivity contribution in [2.24, 2.45) is 0 Å². The van der Waals surface area contributed by atoms with Crippen LogP contribution < -0.4 is 5.32 Å². The highest BCUT2D eigenvalue weighted by molar-refractivity contribution is 9.10. The van der Waals surface area contributed by atoms with Crippen LogP contribution in [0.1, 0.15) is 24.8 Å². The zero-order chi connectivity index (χ0) is 13.7. The Morgan fingerprint density at radius 2 is 1.84 bits per heavy atom. The highest BCUT2D eigenvalue weighted by Gasteiger charge is 2.06. The van der Waals surface area contributed by atoms with E-state index in [2.05, 4.69) is 58.5 Å². The van der Waals surface area contributed by atoms with Gasteiger partial charge in [0.05, 0.1) is 9.50 Å². The van der Waals surface area contributed by atoms with Gasteiger partial charge in [-0.1, -0.05) is 54.9 Å². The van der Waals surface area contributed by atoms with E-state index in [1.807, 2.05) is 18.2 Å². The van der Waals surface area contributed by atoms with E-state index in [0.29, 0.717) is 5.92 Å². The second-order valence-electron chi connectivity index (χ2n) is 4.63. The normalized spacial score (nSPS) is 12.2. The number of anilines is 1. The Balaban J connectivity index is 1.88. The lowest BCUT2D eigenvalue weighted by atomic mass is 9.98. The van der Waals surface area contributed by atoms with Gasteiger partial charge in [-0.25, -0.2) is 0 Å². The molecule has 0 aliphatic heterocycles. The van der Waals surface area contributed by atoms with Gasteiger partial charge in [-0.3, -0.25) is 0 Å². The zero-order valence-corrected chi connectivity index (χ0v) is 13.2. The van der Waals surface area contributed by atoms with E-state index < -0.39 is 0 Å². The van der Waals surface area contributed by atoms with Crippen LogP contribution in [0.15, 0.2) is 53.0 Å². The molecule has 2 aromatic carbocycles. The van der Waals surface area contributed by atoms with E-state index >= 15 is 0 Å². The Bertz CT molecular complexity index is 528. The van der Waals surface area contributed by atoms with Gasteiger partial charge in [-0.15, -0.1) is 0 Å². The molecule has 1 unspecified atom stereocenters. The van der Waals surface area contributed by atoms with Gasteiger partial charge in [0, 0.05) is 12.2 Å². The van der Waals surface area contributed by atoms with Crippen LogP contribution in [0.25, 0.3) is 0 Å². The van der Waals surface area contributed by atoms with Gasteiger partial charge in [0.25, 0.3) is 0 Å². The smallest absolute Gasteiger partial charge is 0.0593 e. The molecule has 2 rings (SSSR count). The fourth-order valence-electron chi connectivity index (χ4n) is 2.01. The first-order chi connectivity index (χ1) is 9.18. The van der Waals surface area contributed by atoms with E-state index in [-0.39, 0.29) is 0 Å². The van der Waals surface area contributed by atoms with Crippen LogP contribution in [0, 0.1) is 0 Å². The lowest BCUT2D eigenvalue weighted by Crippen LogP contribution is -2.06. The predicted molar refractivity (Wildman–Crippen MR) is 87.1 cm³/mol. The molecular formula is C16H17BrClN. The Kier molecular flexibility index (Phi) is 5.29. The number of halogens is 2. The summed E-state index contributed by atoms with van der Waals surface area (Å²) >= 11 is 9.56. The van der Waals surface area contributed by atoms with E-state index in [9.17, 15) is 0 Å². The van der Waals surface area contributed by atoms with Gasteiger partial charge < -0.3 is 5.32 Å². The maximum absolute atomic E-state index is 6.06. The van der Waals surface area contributed by atoms with Crippen molar-refractivity contribution in [3.63, 3.8) is 0 Å². The molecule has 0 bridgehead atoms. The summed E-state index contributed by atoms with van der Waals surface area (Å²) in [6.07, 6.45) is 1.09. The van der Waals surface area contributed by atoms with Crippen molar-refractivity contribution in [3.8, 4) is 0 Å². The second kappa shape index (κ2) is 6.97. The van der Waals surface area contributed by atoms with Gasteiger partial charge in [-0.05, 0) is 46.0 Å². The monoisotopic (exact) mass is 337 g/mol. The highest BCUT2D eigenvalue weighted by atomic mass is 79.9. The van der Waals surface area contributed by atoms with E-state index in [4.69, 9.17) is 11.6 Å². The summed E-state index contributed by atoms with van der Waals surface area (Å²) < 4.78 is 0.934. The fraction of sp³-hybridized carbons (Fsp3) is 0.250. The SMILES string of the molecule is CC(CCNc1cccc(Cl)c1Br)c1ccccc1. The van der Waals surface area contributed by atoms with Crippen LogP contribution in [0.4, 0.5) is 5.69 Å². The van der Waals surface area contributed by atoms with Crippen molar-refractivity contribution < 1.29 is 0 Å². The molecule has 1 nitrogen and oxygen atoms in total. The predicted octanol–water partition coefficient (Wildman–Crippen LogP) is 5.71. The summed E-state index contributed by atoms with van der Waals surface area (Å²) in [5.74, 6) is 0.548. The van der Waals surface area contributed by atoms with Crippen LogP contribution in [-0.2, 0) is 0 Å². The Labute approximate surface area is 128 Å². The largest absolute Gasteiger partial charge is 0.384 e. The average Bonchev–Trinajstić information content (AvgIpc) is 2.44. The molecular weight excluding hydrogens is 322 g/mol. The topological polar surface area (TPSA) is 12.0 Å². The van der Waals surface area contributed by atoms with Gasteiger partial charge in [-0.2, -0.15) is 0 Å². The van der Waals surface area contributed by atoms with Crippen LogP contribution >= 0.6 is 27.5 Å². The molecule has 1 N–H and O–H groups in total. The first-order valence-electron chi connectivity index (χ1n) is 6.41. The van der Waals surface area contributed by atoms with Gasteiger partial charge >= 0.3 is 0 Å². The maximum atomic E-state index is 6.06. The van der Waals surface area contributed by atoms with E-state index in [1.165, 1.54) is 5.56 Å². The Morgan fingerprint density at radius 1 is 1.11 bits per heavy atom. The lowest BCUT2D eigenvalue weighted by Gasteiger charge is -2.14. The molecule has 100 valence electrons. The number of hydrogen-bond donors (Lipinski definition) is 1. The lowest BCUT2D eigenvalue weighted by molar-refractivity contribution is 0.706. The molecule has 2 aromatic rings. The standard InChI is InChI=1S/C16H17BrClN/c1-12(13-6-3-2-4-7-13)10-11-19-15-9-5-8-14(18)16(15)17/h2-9,12,19H,10-11H2,1H3. The van der Waals surface area contributed by atoms with Gasteiger partial charge in [0.1, 0.15) is 0 Å². The fourth-order valence-corrected chi connectivity index (χ4v) is 2.59. The Hall–Kier alpha value is -0.990. The summed E-state index contributed by atoms with van der Waals surface area (Å²) in [6.45, 7) is 3.18. The minimum Gasteiger partial charge on any atom is -0.384 e. The van der Waals surface area contributed by atoms with Gasteiger partial charge in [0.15, 0.2) is 0 Å². The molecule has 0 aromatic heterocycles. The zero-order valence-electron chi connectivity index (χ0n) is 10.9. The summed E-state index contributed by atoms with van der Waals surface area (Å²) in [5, 5.41) is 4.16. The molecule has 0 heterocycles. The molecule has 0 aliphatic carbocycles. The molecule has 0 amide bonds. The molecule has 3 heteroatoms. The van der Waals surface area contributed by atoms with Crippen LogP contribution in [-0.4, -0.2) is 6.54 Å². The Morgan fingerprint density at radius 3 is 2.58 bits per heavy atom. The summed E-state index contributed by atoms with van der Waals surface area (Å²) in [7, 11) is 0. The number of hydrogen-bond acceptors (Lipinski definition) is 1. The molecule has 0 aliphatic rings. The molecule has 0 radical (unpaired) electrons. The van der Waals surface area contributed by atoms with Crippen molar-refractivity contribution in [1.82, 2.24) is 0 Å². The third-order valence-electron chi connectivity index (χ3n) is 3.21.